The summed E-state index contributed by atoms with van der Waals surface area (Å²) in [6.07, 6.45) is 9.42. The Labute approximate surface area is 178 Å². The molecule has 9 heteroatoms. The minimum atomic E-state index is 0.473. The van der Waals surface area contributed by atoms with Crippen LogP contribution in [0.15, 0.2) is 41.9 Å². The number of aryl methyl sites for hydroxylation is 2. The highest BCUT2D eigenvalue weighted by molar-refractivity contribution is 7.19. The van der Waals surface area contributed by atoms with Gasteiger partial charge in [-0.2, -0.15) is 10.2 Å². The number of aromatic nitrogens is 5. The van der Waals surface area contributed by atoms with Gasteiger partial charge in [-0.3, -0.25) is 14.5 Å². The Hall–Kier alpha value is -3.33. The van der Waals surface area contributed by atoms with Gasteiger partial charge in [-0.25, -0.2) is 9.99 Å². The molecule has 0 bridgehead atoms. The lowest BCUT2D eigenvalue weighted by Gasteiger charge is -2.09. The molecule has 4 aromatic heterocycles. The van der Waals surface area contributed by atoms with Gasteiger partial charge in [-0.1, -0.05) is 6.07 Å². The maximum Gasteiger partial charge on any atom is 0.229 e. The summed E-state index contributed by atoms with van der Waals surface area (Å²) in [5.41, 5.74) is 5.05. The Morgan fingerprint density at radius 3 is 2.87 bits per heavy atom. The molecule has 8 nitrogen and oxygen atoms in total. The van der Waals surface area contributed by atoms with Crippen LogP contribution in [0.2, 0.25) is 0 Å². The van der Waals surface area contributed by atoms with Gasteiger partial charge in [0.15, 0.2) is 5.65 Å². The quantitative estimate of drug-likeness (QED) is 0.249. The fourth-order valence-electron chi connectivity index (χ4n) is 3.26. The largest absolute Gasteiger partial charge is 0.332 e. The van der Waals surface area contributed by atoms with E-state index in [-0.39, 0.29) is 0 Å². The van der Waals surface area contributed by atoms with Crippen molar-refractivity contribution in [1.29, 1.82) is 0 Å². The third kappa shape index (κ3) is 4.16. The first kappa shape index (κ1) is 20.0. The van der Waals surface area contributed by atoms with E-state index in [1.807, 2.05) is 45.5 Å². The fourth-order valence-corrected chi connectivity index (χ4v) is 4.45. The van der Waals surface area contributed by atoms with Crippen LogP contribution >= 0.6 is 11.3 Å². The molecule has 0 saturated heterocycles. The second-order valence-corrected chi connectivity index (χ2v) is 8.18. The molecule has 154 valence electrons. The van der Waals surface area contributed by atoms with Crippen molar-refractivity contribution >= 4 is 34.3 Å². The van der Waals surface area contributed by atoms with E-state index in [2.05, 4.69) is 25.8 Å². The minimum Gasteiger partial charge on any atom is -0.332 e. The van der Waals surface area contributed by atoms with Crippen LogP contribution in [-0.2, 0) is 31.7 Å². The van der Waals surface area contributed by atoms with Gasteiger partial charge >= 0.3 is 0 Å². The van der Waals surface area contributed by atoms with E-state index < -0.39 is 0 Å². The highest BCUT2D eigenvalue weighted by Gasteiger charge is 2.16. The first-order valence-electron chi connectivity index (χ1n) is 9.63. The van der Waals surface area contributed by atoms with Crippen LogP contribution in [0.1, 0.15) is 27.5 Å². The zero-order chi connectivity index (χ0) is 21.1. The minimum absolute atomic E-state index is 0.473. The van der Waals surface area contributed by atoms with E-state index >= 15 is 0 Å². The SMILES string of the molecule is Cc1c(/C=N\N(C=O)CCc2ccn(C)n2)c2sc(Cc3cccnc3)nc2n1C. The zero-order valence-corrected chi connectivity index (χ0v) is 18.0. The molecule has 0 fully saturated rings. The standard InChI is InChI=1S/C21H23N7OS/c1-15-18(13-23-28(14-29)10-7-17-6-9-26(2)25-17)20-21(27(15)3)24-19(30-20)11-16-5-4-8-22-12-16/h4-6,8-9,12-14H,7,10-11H2,1-3H3/b23-13-. The normalized spacial score (nSPS) is 11.6. The summed E-state index contributed by atoms with van der Waals surface area (Å²) in [6.45, 7) is 2.51. The first-order chi connectivity index (χ1) is 14.5. The van der Waals surface area contributed by atoms with Gasteiger partial charge in [0, 0.05) is 63.3 Å². The lowest BCUT2D eigenvalue weighted by molar-refractivity contribution is -0.118. The van der Waals surface area contributed by atoms with E-state index in [0.717, 1.165) is 50.7 Å². The number of rotatable bonds is 8. The number of nitrogens with zero attached hydrogens (tertiary/aromatic N) is 7. The van der Waals surface area contributed by atoms with Crippen molar-refractivity contribution in [3.8, 4) is 0 Å². The molecule has 0 aliphatic rings. The summed E-state index contributed by atoms with van der Waals surface area (Å²) in [6, 6.07) is 5.93. The average Bonchev–Trinajstić information content (AvgIpc) is 3.41. The number of fused-ring (bicyclic) bond motifs is 1. The molecular weight excluding hydrogens is 398 g/mol. The van der Waals surface area contributed by atoms with Crippen molar-refractivity contribution in [1.82, 2.24) is 29.3 Å². The van der Waals surface area contributed by atoms with Crippen molar-refractivity contribution in [3.05, 3.63) is 64.3 Å². The number of carbonyl (C=O) groups is 1. The van der Waals surface area contributed by atoms with Crippen LogP contribution in [0.4, 0.5) is 0 Å². The number of amides is 1. The Kier molecular flexibility index (Phi) is 5.71. The Morgan fingerprint density at radius 2 is 2.17 bits per heavy atom. The second-order valence-electron chi connectivity index (χ2n) is 7.10. The summed E-state index contributed by atoms with van der Waals surface area (Å²) in [7, 11) is 3.88. The summed E-state index contributed by atoms with van der Waals surface area (Å²) in [5.74, 6) is 0. The zero-order valence-electron chi connectivity index (χ0n) is 17.2. The molecule has 0 radical (unpaired) electrons. The second kappa shape index (κ2) is 8.58. The number of hydrogen-bond donors (Lipinski definition) is 0. The predicted octanol–water partition coefficient (Wildman–Crippen LogP) is 2.70. The van der Waals surface area contributed by atoms with E-state index in [9.17, 15) is 4.79 Å². The molecule has 0 saturated carbocycles. The predicted molar refractivity (Wildman–Crippen MR) is 118 cm³/mol. The summed E-state index contributed by atoms with van der Waals surface area (Å²) >= 11 is 1.66. The van der Waals surface area contributed by atoms with Crippen LogP contribution in [-0.4, -0.2) is 48.5 Å². The Balaban J connectivity index is 1.54. The molecule has 1 amide bonds. The maximum absolute atomic E-state index is 11.5. The Bertz CT molecular complexity index is 1190. The molecule has 4 rings (SSSR count). The molecule has 0 aliphatic carbocycles. The van der Waals surface area contributed by atoms with Gasteiger partial charge < -0.3 is 4.57 Å². The van der Waals surface area contributed by atoms with Crippen molar-refractivity contribution in [2.75, 3.05) is 6.54 Å². The third-order valence-corrected chi connectivity index (χ3v) is 6.09. The number of hydrazone groups is 1. The molecule has 0 spiro atoms. The van der Waals surface area contributed by atoms with Crippen LogP contribution in [0, 0.1) is 6.92 Å². The monoisotopic (exact) mass is 421 g/mol. The lowest BCUT2D eigenvalue weighted by Crippen LogP contribution is -2.19. The molecule has 0 aliphatic heterocycles. The van der Waals surface area contributed by atoms with Gasteiger partial charge in [-0.15, -0.1) is 11.3 Å². The number of hydrogen-bond acceptors (Lipinski definition) is 6. The highest BCUT2D eigenvalue weighted by Crippen LogP contribution is 2.30. The average molecular weight is 422 g/mol. The smallest absolute Gasteiger partial charge is 0.229 e. The maximum atomic E-state index is 11.5. The van der Waals surface area contributed by atoms with Crippen LogP contribution < -0.4 is 0 Å². The topological polar surface area (TPSA) is 81.2 Å². The summed E-state index contributed by atoms with van der Waals surface area (Å²) in [5, 5.41) is 11.2. The summed E-state index contributed by atoms with van der Waals surface area (Å²) < 4.78 is 4.90. The van der Waals surface area contributed by atoms with Gasteiger partial charge in [0.1, 0.15) is 5.01 Å². The van der Waals surface area contributed by atoms with Gasteiger partial charge in [-0.05, 0) is 24.6 Å². The van der Waals surface area contributed by atoms with Crippen LogP contribution in [0.3, 0.4) is 0 Å². The van der Waals surface area contributed by atoms with Crippen molar-refractivity contribution in [2.45, 2.75) is 19.8 Å². The van der Waals surface area contributed by atoms with Crippen molar-refractivity contribution in [3.63, 3.8) is 0 Å². The molecule has 0 N–H and O–H groups in total. The third-order valence-electron chi connectivity index (χ3n) is 5.01. The highest BCUT2D eigenvalue weighted by atomic mass is 32.1. The fraction of sp³-hybridized carbons (Fsp3) is 0.286. The van der Waals surface area contributed by atoms with Crippen molar-refractivity contribution < 1.29 is 4.79 Å². The molecule has 4 aromatic rings. The van der Waals surface area contributed by atoms with Gasteiger partial charge in [0.2, 0.25) is 6.41 Å². The van der Waals surface area contributed by atoms with Crippen molar-refractivity contribution in [2.24, 2.45) is 19.2 Å². The van der Waals surface area contributed by atoms with Gasteiger partial charge in [0.25, 0.3) is 0 Å². The van der Waals surface area contributed by atoms with Gasteiger partial charge in [0.05, 0.1) is 16.6 Å². The van der Waals surface area contributed by atoms with E-state index in [1.165, 1.54) is 5.01 Å². The van der Waals surface area contributed by atoms with E-state index in [1.54, 1.807) is 28.4 Å². The molecule has 0 unspecified atom stereocenters. The van der Waals surface area contributed by atoms with E-state index in [0.29, 0.717) is 13.0 Å². The molecule has 30 heavy (non-hydrogen) atoms. The lowest BCUT2D eigenvalue weighted by atomic mass is 10.2. The Morgan fingerprint density at radius 1 is 1.30 bits per heavy atom. The molecular formula is C21H23N7OS. The number of thiazole rings is 1. The molecule has 4 heterocycles. The molecule has 0 atom stereocenters. The first-order valence-corrected chi connectivity index (χ1v) is 10.4. The summed E-state index contributed by atoms with van der Waals surface area (Å²) in [4.78, 5) is 20.5. The van der Waals surface area contributed by atoms with E-state index in [4.69, 9.17) is 4.98 Å². The number of carbonyl (C=O) groups excluding carboxylic acids is 1. The van der Waals surface area contributed by atoms with Crippen LogP contribution in [0.5, 0.6) is 0 Å². The van der Waals surface area contributed by atoms with Crippen LogP contribution in [0.25, 0.3) is 10.3 Å². The molecule has 0 aromatic carbocycles. The number of pyridine rings is 1.